The van der Waals surface area contributed by atoms with Crippen LogP contribution in [0.15, 0.2) is 30.5 Å². The molecule has 17 heavy (non-hydrogen) atoms. The van der Waals surface area contributed by atoms with Crippen molar-refractivity contribution >= 4 is 22.7 Å². The van der Waals surface area contributed by atoms with E-state index in [9.17, 15) is 9.59 Å². The molecular formula is C12H13N3O2. The second-order valence-electron chi connectivity index (χ2n) is 3.60. The second kappa shape index (κ2) is 4.69. The van der Waals surface area contributed by atoms with Crippen LogP contribution < -0.4 is 10.9 Å². The van der Waals surface area contributed by atoms with E-state index in [1.807, 2.05) is 24.3 Å². The number of rotatable bonds is 2. The van der Waals surface area contributed by atoms with Crippen molar-refractivity contribution in [2.75, 3.05) is 0 Å². The first-order valence-electron chi connectivity index (χ1n) is 5.37. The third kappa shape index (κ3) is 2.28. The van der Waals surface area contributed by atoms with Gasteiger partial charge in [-0.1, -0.05) is 25.1 Å². The van der Waals surface area contributed by atoms with Gasteiger partial charge in [-0.25, -0.2) is 0 Å². The average molecular weight is 231 g/mol. The molecule has 2 rings (SSSR count). The molecule has 0 bridgehead atoms. The lowest BCUT2D eigenvalue weighted by atomic mass is 10.2. The first kappa shape index (κ1) is 11.2. The summed E-state index contributed by atoms with van der Waals surface area (Å²) in [7, 11) is 0. The largest absolute Gasteiger partial charge is 0.360 e. The van der Waals surface area contributed by atoms with Crippen molar-refractivity contribution in [2.45, 2.75) is 13.3 Å². The summed E-state index contributed by atoms with van der Waals surface area (Å²) in [6, 6.07) is 7.48. The molecule has 2 aromatic rings. The number of hydrogen-bond donors (Lipinski definition) is 3. The number of benzene rings is 1. The van der Waals surface area contributed by atoms with E-state index >= 15 is 0 Å². The summed E-state index contributed by atoms with van der Waals surface area (Å²) >= 11 is 0. The summed E-state index contributed by atoms with van der Waals surface area (Å²) in [6.45, 7) is 1.72. The van der Waals surface area contributed by atoms with Crippen LogP contribution in [0.2, 0.25) is 0 Å². The molecule has 0 unspecified atom stereocenters. The fourth-order valence-electron chi connectivity index (χ4n) is 1.54. The van der Waals surface area contributed by atoms with Gasteiger partial charge in [0.15, 0.2) is 0 Å². The minimum absolute atomic E-state index is 0.224. The van der Waals surface area contributed by atoms with Gasteiger partial charge in [-0.15, -0.1) is 0 Å². The van der Waals surface area contributed by atoms with E-state index in [1.54, 1.807) is 13.1 Å². The van der Waals surface area contributed by atoms with Gasteiger partial charge in [0.2, 0.25) is 5.91 Å². The van der Waals surface area contributed by atoms with E-state index < -0.39 is 0 Å². The second-order valence-corrected chi connectivity index (χ2v) is 3.60. The van der Waals surface area contributed by atoms with Crippen LogP contribution in [-0.2, 0) is 4.79 Å². The Hall–Kier alpha value is -2.30. The number of carbonyl (C=O) groups is 2. The summed E-state index contributed by atoms with van der Waals surface area (Å²) < 4.78 is 0. The van der Waals surface area contributed by atoms with Crippen LogP contribution >= 0.6 is 0 Å². The SMILES string of the molecule is CCC(=O)NNC(=O)c1c[nH]c2ccccc12. The number of hydrazine groups is 1. The molecule has 0 radical (unpaired) electrons. The average Bonchev–Trinajstić information content (AvgIpc) is 2.79. The maximum absolute atomic E-state index is 11.8. The maximum Gasteiger partial charge on any atom is 0.271 e. The Balaban J connectivity index is 2.17. The number of fused-ring (bicyclic) bond motifs is 1. The normalized spacial score (nSPS) is 10.2. The van der Waals surface area contributed by atoms with Gasteiger partial charge in [-0.05, 0) is 6.07 Å². The Labute approximate surface area is 98.2 Å². The van der Waals surface area contributed by atoms with E-state index in [0.29, 0.717) is 12.0 Å². The smallest absolute Gasteiger partial charge is 0.271 e. The molecule has 1 heterocycles. The Kier molecular flexibility index (Phi) is 3.09. The molecule has 88 valence electrons. The van der Waals surface area contributed by atoms with Gasteiger partial charge < -0.3 is 4.98 Å². The van der Waals surface area contributed by atoms with Gasteiger partial charge in [-0.2, -0.15) is 0 Å². The Bertz CT molecular complexity index is 560. The van der Waals surface area contributed by atoms with Crippen molar-refractivity contribution in [3.8, 4) is 0 Å². The zero-order chi connectivity index (χ0) is 12.3. The van der Waals surface area contributed by atoms with Crippen LogP contribution in [-0.4, -0.2) is 16.8 Å². The number of aromatic amines is 1. The third-order valence-electron chi connectivity index (χ3n) is 2.47. The molecule has 0 aliphatic heterocycles. The van der Waals surface area contributed by atoms with Crippen molar-refractivity contribution in [3.63, 3.8) is 0 Å². The molecule has 0 fully saturated rings. The van der Waals surface area contributed by atoms with Crippen molar-refractivity contribution in [1.29, 1.82) is 0 Å². The lowest BCUT2D eigenvalue weighted by Crippen LogP contribution is -2.41. The predicted octanol–water partition coefficient (Wildman–Crippen LogP) is 1.34. The number of aromatic nitrogens is 1. The molecule has 5 heteroatoms. The summed E-state index contributed by atoms with van der Waals surface area (Å²) in [6.07, 6.45) is 1.95. The highest BCUT2D eigenvalue weighted by Gasteiger charge is 2.11. The van der Waals surface area contributed by atoms with E-state index in [0.717, 1.165) is 10.9 Å². The summed E-state index contributed by atoms with van der Waals surface area (Å²) in [5, 5.41) is 0.829. The lowest BCUT2D eigenvalue weighted by Gasteiger charge is -2.04. The quantitative estimate of drug-likeness (QED) is 0.682. The highest BCUT2D eigenvalue weighted by molar-refractivity contribution is 6.07. The molecular weight excluding hydrogens is 218 g/mol. The Morgan fingerprint density at radius 3 is 2.76 bits per heavy atom. The van der Waals surface area contributed by atoms with Crippen LogP contribution in [0, 0.1) is 0 Å². The van der Waals surface area contributed by atoms with Gasteiger partial charge in [0.05, 0.1) is 5.56 Å². The Morgan fingerprint density at radius 2 is 2.00 bits per heavy atom. The van der Waals surface area contributed by atoms with Gasteiger partial charge in [-0.3, -0.25) is 20.4 Å². The van der Waals surface area contributed by atoms with E-state index in [4.69, 9.17) is 0 Å². The van der Waals surface area contributed by atoms with E-state index in [2.05, 4.69) is 15.8 Å². The Morgan fingerprint density at radius 1 is 1.24 bits per heavy atom. The van der Waals surface area contributed by atoms with Gasteiger partial charge in [0.25, 0.3) is 5.91 Å². The topological polar surface area (TPSA) is 74.0 Å². The van der Waals surface area contributed by atoms with Gasteiger partial charge in [0, 0.05) is 23.5 Å². The highest BCUT2D eigenvalue weighted by Crippen LogP contribution is 2.16. The first-order chi connectivity index (χ1) is 8.22. The fourth-order valence-corrected chi connectivity index (χ4v) is 1.54. The van der Waals surface area contributed by atoms with Gasteiger partial charge in [0.1, 0.15) is 0 Å². The standard InChI is InChI=1S/C12H13N3O2/c1-2-11(16)14-15-12(17)9-7-13-10-6-4-3-5-8(9)10/h3-7,13H,2H2,1H3,(H,14,16)(H,15,17). The summed E-state index contributed by atoms with van der Waals surface area (Å²) in [4.78, 5) is 25.8. The van der Waals surface area contributed by atoms with Crippen LogP contribution in [0.25, 0.3) is 10.9 Å². The van der Waals surface area contributed by atoms with Crippen molar-refractivity contribution in [1.82, 2.24) is 15.8 Å². The number of nitrogens with one attached hydrogen (secondary N) is 3. The minimum Gasteiger partial charge on any atom is -0.360 e. The molecule has 3 N–H and O–H groups in total. The molecule has 0 spiro atoms. The molecule has 0 aliphatic rings. The van der Waals surface area contributed by atoms with Gasteiger partial charge >= 0.3 is 0 Å². The van der Waals surface area contributed by atoms with Crippen LogP contribution in [0.4, 0.5) is 0 Å². The monoisotopic (exact) mass is 231 g/mol. The molecule has 1 aromatic carbocycles. The summed E-state index contributed by atoms with van der Waals surface area (Å²) in [5.41, 5.74) is 6.10. The van der Waals surface area contributed by atoms with E-state index in [-0.39, 0.29) is 11.8 Å². The molecule has 0 atom stereocenters. The van der Waals surface area contributed by atoms with Crippen molar-refractivity contribution in [3.05, 3.63) is 36.0 Å². The minimum atomic E-state index is -0.329. The zero-order valence-electron chi connectivity index (χ0n) is 9.41. The number of hydrogen-bond acceptors (Lipinski definition) is 2. The third-order valence-corrected chi connectivity index (χ3v) is 2.47. The van der Waals surface area contributed by atoms with Crippen LogP contribution in [0.5, 0.6) is 0 Å². The number of amides is 2. The van der Waals surface area contributed by atoms with Crippen molar-refractivity contribution in [2.24, 2.45) is 0 Å². The van der Waals surface area contributed by atoms with E-state index in [1.165, 1.54) is 0 Å². The van der Waals surface area contributed by atoms with Crippen LogP contribution in [0.1, 0.15) is 23.7 Å². The molecule has 5 nitrogen and oxygen atoms in total. The number of carbonyl (C=O) groups excluding carboxylic acids is 2. The molecule has 0 saturated carbocycles. The molecule has 0 aliphatic carbocycles. The lowest BCUT2D eigenvalue weighted by molar-refractivity contribution is -0.121. The summed E-state index contributed by atoms with van der Waals surface area (Å²) in [5.74, 6) is -0.553. The number of para-hydroxylation sites is 1. The number of H-pyrrole nitrogens is 1. The van der Waals surface area contributed by atoms with Crippen LogP contribution in [0.3, 0.4) is 0 Å². The predicted molar refractivity (Wildman–Crippen MR) is 64.2 cm³/mol. The first-order valence-corrected chi connectivity index (χ1v) is 5.37. The van der Waals surface area contributed by atoms with Crippen molar-refractivity contribution < 1.29 is 9.59 Å². The molecule has 1 aromatic heterocycles. The molecule has 0 saturated heterocycles. The zero-order valence-corrected chi connectivity index (χ0v) is 9.41. The highest BCUT2D eigenvalue weighted by atomic mass is 16.2. The fraction of sp³-hybridized carbons (Fsp3) is 0.167. The maximum atomic E-state index is 11.8. The molecule has 2 amide bonds.